The van der Waals surface area contributed by atoms with Gasteiger partial charge >= 0.3 is 0 Å². The fourth-order valence-electron chi connectivity index (χ4n) is 1.58. The topological polar surface area (TPSA) is 75.3 Å². The van der Waals surface area contributed by atoms with Crippen LogP contribution in [0.3, 0.4) is 0 Å². The maximum Gasteiger partial charge on any atom is 0.271 e. The molecule has 1 aromatic carbocycles. The zero-order chi connectivity index (χ0) is 16.3. The third-order valence-corrected chi connectivity index (χ3v) is 5.84. The summed E-state index contributed by atoms with van der Waals surface area (Å²) in [4.78, 5) is 11.5. The molecule has 0 saturated carbocycles. The van der Waals surface area contributed by atoms with E-state index in [2.05, 4.69) is 10.0 Å². The van der Waals surface area contributed by atoms with Crippen LogP contribution in [-0.2, 0) is 21.4 Å². The molecule has 1 aromatic heterocycles. The molecule has 0 aliphatic heterocycles. The van der Waals surface area contributed by atoms with E-state index in [1.54, 1.807) is 6.07 Å². The van der Waals surface area contributed by atoms with Gasteiger partial charge in [-0.3, -0.25) is 9.52 Å². The van der Waals surface area contributed by atoms with Gasteiger partial charge in [-0.1, -0.05) is 11.6 Å². The fourth-order valence-corrected chi connectivity index (χ4v) is 4.22. The summed E-state index contributed by atoms with van der Waals surface area (Å²) in [6.07, 6.45) is 0. The van der Waals surface area contributed by atoms with Crippen molar-refractivity contribution in [2.75, 3.05) is 4.72 Å². The van der Waals surface area contributed by atoms with Crippen LogP contribution in [0.5, 0.6) is 0 Å². The van der Waals surface area contributed by atoms with Crippen LogP contribution in [0.15, 0.2) is 34.5 Å². The molecule has 0 spiro atoms. The lowest BCUT2D eigenvalue weighted by atomic mass is 10.3. The van der Waals surface area contributed by atoms with Gasteiger partial charge in [0.1, 0.15) is 10.0 Å². The Bertz CT molecular complexity index is 805. The minimum atomic E-state index is -3.82. The molecular weight excluding hydrogens is 351 g/mol. The Labute approximate surface area is 136 Å². The number of nitrogens with one attached hydrogen (secondary N) is 2. The number of anilines is 1. The molecule has 5 nitrogen and oxygen atoms in total. The fraction of sp³-hybridized carbons (Fsp3) is 0.154. The number of rotatable bonds is 5. The van der Waals surface area contributed by atoms with Crippen molar-refractivity contribution in [3.8, 4) is 0 Å². The number of carbonyl (C=O) groups is 1. The number of benzene rings is 1. The number of amides is 1. The van der Waals surface area contributed by atoms with Crippen molar-refractivity contribution in [3.63, 3.8) is 0 Å². The number of sulfonamides is 1. The van der Waals surface area contributed by atoms with Crippen LogP contribution >= 0.6 is 22.9 Å². The first-order valence-electron chi connectivity index (χ1n) is 6.09. The van der Waals surface area contributed by atoms with Crippen molar-refractivity contribution in [3.05, 3.63) is 46.0 Å². The number of carbonyl (C=O) groups excluding carboxylic acids is 1. The third-order valence-electron chi connectivity index (χ3n) is 2.59. The van der Waals surface area contributed by atoms with E-state index in [4.69, 9.17) is 11.6 Å². The lowest BCUT2D eigenvalue weighted by Gasteiger charge is -2.08. The van der Waals surface area contributed by atoms with Crippen molar-refractivity contribution in [1.29, 1.82) is 0 Å². The van der Waals surface area contributed by atoms with Crippen LogP contribution in [0, 0.1) is 5.82 Å². The molecule has 0 aliphatic rings. The molecular formula is C13H12ClFN2O3S2. The van der Waals surface area contributed by atoms with Gasteiger partial charge in [0, 0.05) is 11.8 Å². The second kappa shape index (κ2) is 6.64. The average Bonchev–Trinajstić information content (AvgIpc) is 2.89. The third kappa shape index (κ3) is 4.19. The molecule has 2 N–H and O–H groups in total. The Morgan fingerprint density at radius 2 is 2.05 bits per heavy atom. The summed E-state index contributed by atoms with van der Waals surface area (Å²) in [5, 5.41) is 2.56. The Kier molecular flexibility index (Phi) is 5.05. The smallest absolute Gasteiger partial charge is 0.271 e. The molecule has 0 aliphatic carbocycles. The van der Waals surface area contributed by atoms with Gasteiger partial charge in [-0.05, 0) is 30.3 Å². The lowest BCUT2D eigenvalue weighted by molar-refractivity contribution is -0.119. The number of halogens is 2. The van der Waals surface area contributed by atoms with Gasteiger partial charge in [0.25, 0.3) is 10.0 Å². The zero-order valence-electron chi connectivity index (χ0n) is 11.4. The first kappa shape index (κ1) is 16.7. The average molecular weight is 363 g/mol. The van der Waals surface area contributed by atoms with Gasteiger partial charge in [0.2, 0.25) is 5.91 Å². The molecule has 1 amide bonds. The SMILES string of the molecule is CC(=O)NCc1ccc(S(=O)(=O)Nc2ccc(F)cc2Cl)s1. The summed E-state index contributed by atoms with van der Waals surface area (Å²) in [5.74, 6) is -0.754. The Balaban J connectivity index is 2.18. The minimum Gasteiger partial charge on any atom is -0.351 e. The molecule has 2 rings (SSSR count). The van der Waals surface area contributed by atoms with Gasteiger partial charge in [0.05, 0.1) is 17.3 Å². The van der Waals surface area contributed by atoms with Crippen molar-refractivity contribution in [1.82, 2.24) is 5.32 Å². The van der Waals surface area contributed by atoms with Crippen molar-refractivity contribution in [2.24, 2.45) is 0 Å². The molecule has 22 heavy (non-hydrogen) atoms. The van der Waals surface area contributed by atoms with Crippen LogP contribution in [0.4, 0.5) is 10.1 Å². The number of hydrogen-bond acceptors (Lipinski definition) is 4. The summed E-state index contributed by atoms with van der Waals surface area (Å²) in [6, 6.07) is 6.43. The summed E-state index contributed by atoms with van der Waals surface area (Å²) >= 11 is 6.83. The van der Waals surface area contributed by atoms with E-state index in [0.29, 0.717) is 4.88 Å². The van der Waals surface area contributed by atoms with Crippen molar-refractivity contribution >= 4 is 44.6 Å². The minimum absolute atomic E-state index is 0.0291. The predicted molar refractivity (Wildman–Crippen MR) is 84.1 cm³/mol. The molecule has 0 atom stereocenters. The van der Waals surface area contributed by atoms with Gasteiger partial charge in [-0.25, -0.2) is 12.8 Å². The number of hydrogen-bond donors (Lipinski definition) is 2. The first-order chi connectivity index (χ1) is 10.3. The summed E-state index contributed by atoms with van der Waals surface area (Å²) in [5.41, 5.74) is 0.0971. The van der Waals surface area contributed by atoms with Crippen LogP contribution in [0.1, 0.15) is 11.8 Å². The molecule has 0 fully saturated rings. The van der Waals surface area contributed by atoms with Crippen LogP contribution in [-0.4, -0.2) is 14.3 Å². The van der Waals surface area contributed by atoms with E-state index in [9.17, 15) is 17.6 Å². The van der Waals surface area contributed by atoms with Crippen LogP contribution < -0.4 is 10.0 Å². The van der Waals surface area contributed by atoms with E-state index >= 15 is 0 Å². The largest absolute Gasteiger partial charge is 0.351 e. The molecule has 1 heterocycles. The van der Waals surface area contributed by atoms with Crippen molar-refractivity contribution < 1.29 is 17.6 Å². The van der Waals surface area contributed by atoms with Crippen molar-refractivity contribution in [2.45, 2.75) is 17.7 Å². The molecule has 0 unspecified atom stereocenters. The summed E-state index contributed by atoms with van der Waals surface area (Å²) in [6.45, 7) is 1.64. The second-order valence-corrected chi connectivity index (χ2v) is 7.84. The Morgan fingerprint density at radius 1 is 1.32 bits per heavy atom. The predicted octanol–water partition coefficient (Wildman–Crippen LogP) is 2.98. The Hall–Kier alpha value is -1.64. The molecule has 9 heteroatoms. The highest BCUT2D eigenvalue weighted by atomic mass is 35.5. The molecule has 2 aromatic rings. The summed E-state index contributed by atoms with van der Waals surface area (Å²) in [7, 11) is -3.82. The van der Waals surface area contributed by atoms with Gasteiger partial charge in [-0.2, -0.15) is 0 Å². The quantitative estimate of drug-likeness (QED) is 0.858. The number of thiophene rings is 1. The lowest BCUT2D eigenvalue weighted by Crippen LogP contribution is -2.18. The maximum atomic E-state index is 13.0. The second-order valence-electron chi connectivity index (χ2n) is 4.36. The highest BCUT2D eigenvalue weighted by molar-refractivity contribution is 7.94. The normalized spacial score (nSPS) is 11.2. The van der Waals surface area contributed by atoms with E-state index in [-0.39, 0.29) is 27.4 Å². The molecule has 0 bridgehead atoms. The first-order valence-corrected chi connectivity index (χ1v) is 8.77. The van der Waals surface area contributed by atoms with E-state index in [0.717, 1.165) is 23.5 Å². The zero-order valence-corrected chi connectivity index (χ0v) is 13.8. The van der Waals surface area contributed by atoms with E-state index in [1.165, 1.54) is 19.1 Å². The van der Waals surface area contributed by atoms with Gasteiger partial charge in [0.15, 0.2) is 0 Å². The monoisotopic (exact) mass is 362 g/mol. The summed E-state index contributed by atoms with van der Waals surface area (Å²) < 4.78 is 39.8. The Morgan fingerprint density at radius 3 is 2.68 bits per heavy atom. The van der Waals surface area contributed by atoms with Gasteiger partial charge in [-0.15, -0.1) is 11.3 Å². The highest BCUT2D eigenvalue weighted by Crippen LogP contribution is 2.28. The molecule has 0 radical (unpaired) electrons. The standard InChI is InChI=1S/C13H12ClFN2O3S2/c1-8(18)16-7-10-3-5-13(21-10)22(19,20)17-12-4-2-9(15)6-11(12)14/h2-6,17H,7H2,1H3,(H,16,18). The van der Waals surface area contributed by atoms with E-state index < -0.39 is 15.8 Å². The van der Waals surface area contributed by atoms with Crippen LogP contribution in [0.25, 0.3) is 0 Å². The maximum absolute atomic E-state index is 13.0. The van der Waals surface area contributed by atoms with E-state index in [1.807, 2.05) is 0 Å². The highest BCUT2D eigenvalue weighted by Gasteiger charge is 2.18. The van der Waals surface area contributed by atoms with Gasteiger partial charge < -0.3 is 5.32 Å². The van der Waals surface area contributed by atoms with Crippen LogP contribution in [0.2, 0.25) is 5.02 Å². The molecule has 0 saturated heterocycles. The molecule has 118 valence electrons.